The van der Waals surface area contributed by atoms with Crippen molar-refractivity contribution in [2.45, 2.75) is 31.7 Å². The van der Waals surface area contributed by atoms with Gasteiger partial charge in [0.25, 0.3) is 0 Å². The van der Waals surface area contributed by atoms with Crippen molar-refractivity contribution in [3.63, 3.8) is 0 Å². The Hall–Kier alpha value is -2.41. The molecule has 2 aromatic carbocycles. The third-order valence-corrected chi connectivity index (χ3v) is 6.02. The lowest BCUT2D eigenvalue weighted by atomic mass is 9.73. The number of allylic oxidation sites excluding steroid dienone is 1. The zero-order valence-electron chi connectivity index (χ0n) is 13.6. The topological polar surface area (TPSA) is 3.88 Å². The van der Waals surface area contributed by atoms with E-state index in [0.29, 0.717) is 5.92 Å². The number of nitrogens with zero attached hydrogens (tertiary/aromatic N) is 1. The molecular formula is C22H20N+. The number of aryl methyl sites for hydroxylation is 1. The third kappa shape index (κ3) is 1.37. The summed E-state index contributed by atoms with van der Waals surface area (Å²) in [5.74, 6) is 0.422. The lowest BCUT2D eigenvalue weighted by Gasteiger charge is -2.35. The number of hydrogen-bond acceptors (Lipinski definition) is 0. The van der Waals surface area contributed by atoms with Crippen LogP contribution in [0.4, 0.5) is 0 Å². The van der Waals surface area contributed by atoms with Crippen molar-refractivity contribution < 1.29 is 4.57 Å². The average Bonchev–Trinajstić information content (AvgIpc) is 2.92. The molecule has 2 aliphatic rings. The van der Waals surface area contributed by atoms with Crippen molar-refractivity contribution in [3.05, 3.63) is 77.9 Å². The molecule has 1 nitrogen and oxygen atoms in total. The molecule has 1 heteroatoms. The van der Waals surface area contributed by atoms with Gasteiger partial charge in [-0.2, -0.15) is 4.57 Å². The first-order valence-electron chi connectivity index (χ1n) is 8.38. The molecule has 1 aromatic heterocycles. The van der Waals surface area contributed by atoms with Crippen molar-refractivity contribution >= 4 is 10.9 Å². The summed E-state index contributed by atoms with van der Waals surface area (Å²) < 4.78 is 2.59. The van der Waals surface area contributed by atoms with Crippen LogP contribution in [0.25, 0.3) is 22.2 Å². The summed E-state index contributed by atoms with van der Waals surface area (Å²) in [6, 6.07) is 17.9. The van der Waals surface area contributed by atoms with Gasteiger partial charge in [0.15, 0.2) is 5.54 Å². The molecule has 2 atom stereocenters. The van der Waals surface area contributed by atoms with Crippen LogP contribution in [0.1, 0.15) is 29.5 Å². The molecule has 0 radical (unpaired) electrons. The number of benzene rings is 2. The molecule has 3 aromatic rings. The molecule has 5 rings (SSSR count). The van der Waals surface area contributed by atoms with Gasteiger partial charge in [-0.3, -0.25) is 0 Å². The molecule has 3 heterocycles. The fourth-order valence-electron chi connectivity index (χ4n) is 4.91. The summed E-state index contributed by atoms with van der Waals surface area (Å²) in [5, 5.41) is 1.35. The average molecular weight is 298 g/mol. The minimum Gasteiger partial charge on any atom is -0.181 e. The first-order valence-corrected chi connectivity index (χ1v) is 8.38. The van der Waals surface area contributed by atoms with E-state index in [2.05, 4.69) is 79.6 Å². The van der Waals surface area contributed by atoms with Gasteiger partial charge in [-0.1, -0.05) is 43.8 Å². The van der Waals surface area contributed by atoms with E-state index in [0.717, 1.165) is 6.42 Å². The van der Waals surface area contributed by atoms with Gasteiger partial charge in [-0.25, -0.2) is 0 Å². The number of fused-ring (bicyclic) bond motifs is 2. The highest BCUT2D eigenvalue weighted by atomic mass is 15.1. The number of para-hydroxylation sites is 1. The minimum atomic E-state index is -0.0440. The summed E-state index contributed by atoms with van der Waals surface area (Å²) >= 11 is 0. The summed E-state index contributed by atoms with van der Waals surface area (Å²) in [6.07, 6.45) is 3.23. The predicted octanol–water partition coefficient (Wildman–Crippen LogP) is 4.66. The molecule has 112 valence electrons. The Kier molecular flexibility index (Phi) is 2.33. The maximum absolute atomic E-state index is 4.26. The van der Waals surface area contributed by atoms with Crippen LogP contribution in [-0.2, 0) is 12.0 Å². The lowest BCUT2D eigenvalue weighted by Crippen LogP contribution is -2.59. The molecule has 0 spiro atoms. The Morgan fingerprint density at radius 2 is 2.00 bits per heavy atom. The van der Waals surface area contributed by atoms with Crippen molar-refractivity contribution in [2.75, 3.05) is 0 Å². The second-order valence-electron chi connectivity index (χ2n) is 7.05. The highest BCUT2D eigenvalue weighted by molar-refractivity contribution is 5.84. The molecule has 2 unspecified atom stereocenters. The molecule has 0 fully saturated rings. The fraction of sp³-hybridized carbons (Fsp3) is 0.227. The number of aromatic nitrogens is 1. The van der Waals surface area contributed by atoms with Crippen LogP contribution < -0.4 is 4.57 Å². The third-order valence-electron chi connectivity index (χ3n) is 6.02. The van der Waals surface area contributed by atoms with E-state index in [9.17, 15) is 0 Å². The monoisotopic (exact) mass is 298 g/mol. The van der Waals surface area contributed by atoms with Crippen molar-refractivity contribution in [1.29, 1.82) is 0 Å². The zero-order chi connectivity index (χ0) is 15.8. The molecule has 0 N–H and O–H groups in total. The number of rotatable bonds is 1. The molecule has 23 heavy (non-hydrogen) atoms. The Morgan fingerprint density at radius 3 is 2.83 bits per heavy atom. The van der Waals surface area contributed by atoms with E-state index in [-0.39, 0.29) is 5.54 Å². The molecule has 0 bridgehead atoms. The van der Waals surface area contributed by atoms with Crippen molar-refractivity contribution in [1.82, 2.24) is 0 Å². The number of hydrogen-bond donors (Lipinski definition) is 0. The second kappa shape index (κ2) is 4.11. The van der Waals surface area contributed by atoms with E-state index in [1.54, 1.807) is 0 Å². The van der Waals surface area contributed by atoms with Gasteiger partial charge in [0.05, 0.1) is 11.5 Å². The molecule has 0 aliphatic carbocycles. The SMILES string of the molecule is C=CC12Cc3cccc4cc(C)c([n+]1c34)-c1ccccc1C2C. The Bertz CT molecular complexity index is 998. The molecule has 0 saturated carbocycles. The Morgan fingerprint density at radius 1 is 1.17 bits per heavy atom. The quantitative estimate of drug-likeness (QED) is 0.454. The second-order valence-corrected chi connectivity index (χ2v) is 7.05. The normalized spacial score (nSPS) is 23.8. The van der Waals surface area contributed by atoms with Gasteiger partial charge in [0.2, 0.25) is 11.2 Å². The molecule has 0 saturated heterocycles. The van der Waals surface area contributed by atoms with Crippen LogP contribution in [-0.4, -0.2) is 0 Å². The Labute approximate surface area is 136 Å². The van der Waals surface area contributed by atoms with Crippen LogP contribution in [0.5, 0.6) is 0 Å². The summed E-state index contributed by atoms with van der Waals surface area (Å²) in [7, 11) is 0. The standard InChI is InChI=1S/C22H20N/c1-4-22-13-17-9-7-8-16-12-14(2)20(23(22)21(16)17)19-11-6-5-10-18(19)15(22)3/h4-12,15H,1,13H2,2-3H3/q+1. The van der Waals surface area contributed by atoms with Crippen LogP contribution in [0.15, 0.2) is 61.2 Å². The van der Waals surface area contributed by atoms with E-state index < -0.39 is 0 Å². The van der Waals surface area contributed by atoms with Gasteiger partial charge >= 0.3 is 0 Å². The van der Waals surface area contributed by atoms with Gasteiger partial charge < -0.3 is 0 Å². The summed E-state index contributed by atoms with van der Waals surface area (Å²) in [5.41, 5.74) is 8.35. The van der Waals surface area contributed by atoms with Crippen LogP contribution in [0, 0.1) is 6.92 Å². The predicted molar refractivity (Wildman–Crippen MR) is 94.6 cm³/mol. The highest BCUT2D eigenvalue weighted by Crippen LogP contribution is 2.48. The fourth-order valence-corrected chi connectivity index (χ4v) is 4.91. The molecular weight excluding hydrogens is 278 g/mol. The van der Waals surface area contributed by atoms with Crippen LogP contribution >= 0.6 is 0 Å². The van der Waals surface area contributed by atoms with Gasteiger partial charge in [-0.05, 0) is 36.8 Å². The van der Waals surface area contributed by atoms with Crippen molar-refractivity contribution in [3.8, 4) is 11.3 Å². The first kappa shape index (κ1) is 13.1. The van der Waals surface area contributed by atoms with E-state index in [1.165, 1.54) is 38.9 Å². The minimum absolute atomic E-state index is 0.0440. The summed E-state index contributed by atoms with van der Waals surface area (Å²) in [6.45, 7) is 8.86. The van der Waals surface area contributed by atoms with Gasteiger partial charge in [0, 0.05) is 22.9 Å². The zero-order valence-corrected chi connectivity index (χ0v) is 13.6. The Balaban J connectivity index is 2.06. The van der Waals surface area contributed by atoms with Crippen LogP contribution in [0.3, 0.4) is 0 Å². The summed E-state index contributed by atoms with van der Waals surface area (Å²) in [4.78, 5) is 0. The van der Waals surface area contributed by atoms with Gasteiger partial charge in [-0.15, -0.1) is 0 Å². The lowest BCUT2D eigenvalue weighted by molar-refractivity contribution is -0.718. The maximum Gasteiger partial charge on any atom is 0.217 e. The van der Waals surface area contributed by atoms with Crippen molar-refractivity contribution in [2.24, 2.45) is 0 Å². The van der Waals surface area contributed by atoms with Gasteiger partial charge in [0.1, 0.15) is 0 Å². The molecule has 2 aliphatic heterocycles. The largest absolute Gasteiger partial charge is 0.217 e. The van der Waals surface area contributed by atoms with E-state index in [1.807, 2.05) is 0 Å². The first-order chi connectivity index (χ1) is 11.2. The maximum atomic E-state index is 4.26. The highest BCUT2D eigenvalue weighted by Gasteiger charge is 2.55. The molecule has 0 amide bonds. The number of pyridine rings is 1. The smallest absolute Gasteiger partial charge is 0.181 e. The van der Waals surface area contributed by atoms with Crippen LogP contribution in [0.2, 0.25) is 0 Å². The van der Waals surface area contributed by atoms with E-state index >= 15 is 0 Å². The van der Waals surface area contributed by atoms with E-state index in [4.69, 9.17) is 0 Å².